The summed E-state index contributed by atoms with van der Waals surface area (Å²) in [6, 6.07) is 6.99. The lowest BCUT2D eigenvalue weighted by molar-refractivity contribution is -0.124. The quantitative estimate of drug-likeness (QED) is 0.556. The van der Waals surface area contributed by atoms with E-state index >= 15 is 0 Å². The van der Waals surface area contributed by atoms with E-state index in [9.17, 15) is 18.8 Å². The van der Waals surface area contributed by atoms with Gasteiger partial charge in [-0.05, 0) is 37.3 Å². The summed E-state index contributed by atoms with van der Waals surface area (Å²) in [5, 5.41) is 5.45. The van der Waals surface area contributed by atoms with Crippen LogP contribution in [-0.2, 0) is 9.59 Å². The molecule has 168 valence electrons. The van der Waals surface area contributed by atoms with Crippen LogP contribution in [-0.4, -0.2) is 41.3 Å². The Balaban J connectivity index is 1.40. The predicted octanol–water partition coefficient (Wildman–Crippen LogP) is 2.81. The van der Waals surface area contributed by atoms with Gasteiger partial charge in [0.05, 0.1) is 16.8 Å². The number of aromatic nitrogens is 1. The molecule has 0 saturated carbocycles. The standard InChI is InChI=1S/C22H21ClFN3O5/c1-13(28)19-6-4-16(10-25-19)32-11-20(29)26-14-8-22(2,9-14)27-21(30)12-31-15-3-5-17(23)18(24)7-15/h3-8,10H,9,11-12H2,1-2H3,(H,26,29)(H,27,30). The fraction of sp³-hybridized carbons (Fsp3) is 0.273. The van der Waals surface area contributed by atoms with Crippen molar-refractivity contribution in [3.8, 4) is 11.5 Å². The van der Waals surface area contributed by atoms with Gasteiger partial charge in [-0.2, -0.15) is 0 Å². The zero-order valence-corrected chi connectivity index (χ0v) is 18.2. The largest absolute Gasteiger partial charge is 0.484 e. The molecule has 0 radical (unpaired) electrons. The number of carbonyl (C=O) groups excluding carboxylic acids is 3. The van der Waals surface area contributed by atoms with Crippen molar-refractivity contribution in [3.63, 3.8) is 0 Å². The minimum Gasteiger partial charge on any atom is -0.484 e. The first-order chi connectivity index (χ1) is 15.1. The fourth-order valence-corrected chi connectivity index (χ4v) is 3.14. The van der Waals surface area contributed by atoms with Crippen molar-refractivity contribution in [3.05, 3.63) is 64.8 Å². The van der Waals surface area contributed by atoms with E-state index < -0.39 is 17.3 Å². The molecule has 8 nitrogen and oxygen atoms in total. The van der Waals surface area contributed by atoms with Gasteiger partial charge in [0.15, 0.2) is 19.0 Å². The van der Waals surface area contributed by atoms with Crippen molar-refractivity contribution in [1.82, 2.24) is 15.6 Å². The van der Waals surface area contributed by atoms with Gasteiger partial charge in [-0.15, -0.1) is 0 Å². The lowest BCUT2D eigenvalue weighted by Gasteiger charge is -2.37. The van der Waals surface area contributed by atoms with E-state index in [1.54, 1.807) is 19.1 Å². The summed E-state index contributed by atoms with van der Waals surface area (Å²) in [7, 11) is 0. The molecule has 0 fully saturated rings. The van der Waals surface area contributed by atoms with Crippen LogP contribution in [0.3, 0.4) is 0 Å². The maximum absolute atomic E-state index is 13.4. The number of carbonyl (C=O) groups is 3. The highest BCUT2D eigenvalue weighted by Crippen LogP contribution is 2.28. The number of rotatable bonds is 9. The van der Waals surface area contributed by atoms with Gasteiger partial charge in [0.2, 0.25) is 0 Å². The Hall–Kier alpha value is -3.46. The van der Waals surface area contributed by atoms with E-state index in [1.165, 1.54) is 31.3 Å². The molecule has 1 unspecified atom stereocenters. The molecule has 1 heterocycles. The van der Waals surface area contributed by atoms with Crippen molar-refractivity contribution in [1.29, 1.82) is 0 Å². The van der Waals surface area contributed by atoms with E-state index in [1.807, 2.05) is 0 Å². The normalized spacial score (nSPS) is 16.9. The van der Waals surface area contributed by atoms with Crippen LogP contribution in [0.4, 0.5) is 4.39 Å². The molecule has 1 atom stereocenters. The third-order valence-corrected chi connectivity index (χ3v) is 4.81. The number of ether oxygens (including phenoxy) is 2. The number of halogens is 2. The molecule has 0 spiro atoms. The Kier molecular flexibility index (Phi) is 7.09. The Morgan fingerprint density at radius 3 is 2.41 bits per heavy atom. The van der Waals surface area contributed by atoms with Gasteiger partial charge in [-0.25, -0.2) is 9.37 Å². The molecule has 1 aromatic carbocycles. The van der Waals surface area contributed by atoms with Gasteiger partial charge in [-0.1, -0.05) is 11.6 Å². The molecular formula is C22H21ClFN3O5. The van der Waals surface area contributed by atoms with E-state index in [-0.39, 0.29) is 35.7 Å². The second-order valence-electron chi connectivity index (χ2n) is 7.45. The average molecular weight is 462 g/mol. The van der Waals surface area contributed by atoms with Crippen molar-refractivity contribution < 1.29 is 28.2 Å². The van der Waals surface area contributed by atoms with E-state index in [4.69, 9.17) is 21.1 Å². The second kappa shape index (κ2) is 9.78. The summed E-state index contributed by atoms with van der Waals surface area (Å²) in [4.78, 5) is 39.3. The van der Waals surface area contributed by atoms with E-state index in [0.29, 0.717) is 23.6 Å². The van der Waals surface area contributed by atoms with Crippen molar-refractivity contribution in [2.75, 3.05) is 13.2 Å². The average Bonchev–Trinajstić information content (AvgIpc) is 2.72. The molecule has 1 aliphatic rings. The zero-order chi connectivity index (χ0) is 23.3. The topological polar surface area (TPSA) is 107 Å². The maximum atomic E-state index is 13.4. The molecule has 0 saturated heterocycles. The van der Waals surface area contributed by atoms with Gasteiger partial charge < -0.3 is 20.1 Å². The van der Waals surface area contributed by atoms with Crippen LogP contribution in [0.25, 0.3) is 0 Å². The number of benzene rings is 1. The van der Waals surface area contributed by atoms with Gasteiger partial charge in [-0.3, -0.25) is 14.4 Å². The number of amides is 2. The summed E-state index contributed by atoms with van der Waals surface area (Å²) in [6.45, 7) is 2.68. The Morgan fingerprint density at radius 1 is 1.12 bits per heavy atom. The highest BCUT2D eigenvalue weighted by molar-refractivity contribution is 6.30. The zero-order valence-electron chi connectivity index (χ0n) is 17.4. The lowest BCUT2D eigenvalue weighted by Crippen LogP contribution is -2.53. The number of Topliss-reactive ketones (excluding diaryl/α,β-unsaturated/α-hetero) is 1. The number of hydrogen-bond donors (Lipinski definition) is 2. The molecular weight excluding hydrogens is 441 g/mol. The number of nitrogens with one attached hydrogen (secondary N) is 2. The summed E-state index contributed by atoms with van der Waals surface area (Å²) in [5.41, 5.74) is 0.322. The molecule has 1 aliphatic carbocycles. The molecule has 2 amide bonds. The summed E-state index contributed by atoms with van der Waals surface area (Å²) >= 11 is 5.61. The predicted molar refractivity (Wildman–Crippen MR) is 114 cm³/mol. The molecule has 1 aromatic heterocycles. The molecule has 10 heteroatoms. The van der Waals surface area contributed by atoms with Crippen LogP contribution in [0.15, 0.2) is 48.3 Å². The number of pyridine rings is 1. The first kappa shape index (κ1) is 23.2. The van der Waals surface area contributed by atoms with Gasteiger partial charge in [0, 0.05) is 25.1 Å². The molecule has 0 bridgehead atoms. The fourth-order valence-electron chi connectivity index (χ4n) is 3.02. The second-order valence-corrected chi connectivity index (χ2v) is 7.86. The SMILES string of the molecule is CC(=O)c1ccc(OCC(=O)NC2=CC(C)(NC(=O)COc3ccc(Cl)c(F)c3)C2)cn1. The van der Waals surface area contributed by atoms with Gasteiger partial charge >= 0.3 is 0 Å². The van der Waals surface area contributed by atoms with Crippen LogP contribution in [0.5, 0.6) is 11.5 Å². The van der Waals surface area contributed by atoms with Crippen LogP contribution in [0.1, 0.15) is 30.8 Å². The van der Waals surface area contributed by atoms with Crippen LogP contribution in [0.2, 0.25) is 5.02 Å². The highest BCUT2D eigenvalue weighted by atomic mass is 35.5. The van der Waals surface area contributed by atoms with Gasteiger partial charge in [0.25, 0.3) is 11.8 Å². The van der Waals surface area contributed by atoms with Crippen LogP contribution in [0, 0.1) is 5.82 Å². The molecule has 0 aliphatic heterocycles. The lowest BCUT2D eigenvalue weighted by atomic mass is 9.84. The first-order valence-electron chi connectivity index (χ1n) is 9.64. The Morgan fingerprint density at radius 2 is 1.78 bits per heavy atom. The van der Waals surface area contributed by atoms with Crippen LogP contribution < -0.4 is 20.1 Å². The van der Waals surface area contributed by atoms with E-state index in [2.05, 4.69) is 15.6 Å². The van der Waals surface area contributed by atoms with Crippen molar-refractivity contribution >= 4 is 29.2 Å². The highest BCUT2D eigenvalue weighted by Gasteiger charge is 2.34. The number of nitrogens with zero attached hydrogens (tertiary/aromatic N) is 1. The minimum atomic E-state index is -0.637. The smallest absolute Gasteiger partial charge is 0.262 e. The third-order valence-electron chi connectivity index (χ3n) is 4.50. The Labute approximate surface area is 188 Å². The molecule has 2 aromatic rings. The van der Waals surface area contributed by atoms with E-state index in [0.717, 1.165) is 6.07 Å². The third kappa shape index (κ3) is 6.27. The van der Waals surface area contributed by atoms with Crippen LogP contribution >= 0.6 is 11.6 Å². The minimum absolute atomic E-state index is 0.0311. The summed E-state index contributed by atoms with van der Waals surface area (Å²) in [5.74, 6) is -0.998. The summed E-state index contributed by atoms with van der Waals surface area (Å²) < 4.78 is 24.0. The maximum Gasteiger partial charge on any atom is 0.262 e. The number of ketones is 1. The van der Waals surface area contributed by atoms with Crippen molar-refractivity contribution in [2.24, 2.45) is 0 Å². The molecule has 32 heavy (non-hydrogen) atoms. The van der Waals surface area contributed by atoms with Gasteiger partial charge in [0.1, 0.15) is 23.0 Å². The number of hydrogen-bond acceptors (Lipinski definition) is 6. The molecule has 2 N–H and O–H groups in total. The first-order valence-corrected chi connectivity index (χ1v) is 10.0. The summed E-state index contributed by atoms with van der Waals surface area (Å²) in [6.07, 6.45) is 3.50. The Bertz CT molecular complexity index is 1070. The molecule has 3 rings (SSSR count). The monoisotopic (exact) mass is 461 g/mol. The van der Waals surface area contributed by atoms with Crippen molar-refractivity contribution in [2.45, 2.75) is 25.8 Å².